The maximum Gasteiger partial charge on any atom is 0.344 e. The molecule has 6 nitrogen and oxygen atoms in total. The van der Waals surface area contributed by atoms with Gasteiger partial charge in [0.25, 0.3) is 0 Å². The van der Waals surface area contributed by atoms with Gasteiger partial charge in [-0.3, -0.25) is 15.2 Å². The molecule has 0 aliphatic carbocycles. The number of rotatable bonds is 1. The Labute approximate surface area is 63.7 Å². The minimum absolute atomic E-state index is 0.0446. The Hall–Kier alpha value is -1.11. The van der Waals surface area contributed by atoms with Crippen molar-refractivity contribution in [3.05, 3.63) is 14.7 Å². The van der Waals surface area contributed by atoms with Crippen LogP contribution in [0, 0.1) is 10.1 Å². The van der Waals surface area contributed by atoms with E-state index in [2.05, 4.69) is 26.1 Å². The molecule has 0 bridgehead atoms. The largest absolute Gasteiger partial charge is 0.378 e. The number of anilines is 1. The van der Waals surface area contributed by atoms with Crippen molar-refractivity contribution in [1.82, 2.24) is 10.2 Å². The van der Waals surface area contributed by atoms with Gasteiger partial charge in [-0.2, -0.15) is 5.10 Å². The fourth-order valence-corrected chi connectivity index (χ4v) is 0.947. The smallest absolute Gasteiger partial charge is 0.344 e. The molecule has 0 radical (unpaired) electrons. The van der Waals surface area contributed by atoms with Gasteiger partial charge >= 0.3 is 5.69 Å². The number of hydrogen-bond donors (Lipinski definition) is 2. The fraction of sp³-hybridized carbons (Fsp3) is 0. The zero-order chi connectivity index (χ0) is 7.72. The van der Waals surface area contributed by atoms with Crippen molar-refractivity contribution >= 4 is 27.4 Å². The van der Waals surface area contributed by atoms with Crippen molar-refractivity contribution in [2.45, 2.75) is 0 Å². The molecular formula is C3H3BrN4O2. The highest BCUT2D eigenvalue weighted by molar-refractivity contribution is 9.10. The van der Waals surface area contributed by atoms with Gasteiger partial charge in [0, 0.05) is 0 Å². The van der Waals surface area contributed by atoms with Crippen LogP contribution in [0.15, 0.2) is 4.60 Å². The topological polar surface area (TPSA) is 97.8 Å². The van der Waals surface area contributed by atoms with Crippen molar-refractivity contribution < 1.29 is 4.92 Å². The van der Waals surface area contributed by atoms with Gasteiger partial charge in [-0.25, -0.2) is 0 Å². The molecule has 1 heterocycles. The first-order chi connectivity index (χ1) is 4.63. The van der Waals surface area contributed by atoms with Crippen LogP contribution in [-0.4, -0.2) is 15.1 Å². The third-order valence-corrected chi connectivity index (χ3v) is 1.46. The molecule has 0 saturated heterocycles. The second-order valence-corrected chi connectivity index (χ2v) is 2.28. The molecule has 3 N–H and O–H groups in total. The van der Waals surface area contributed by atoms with E-state index in [4.69, 9.17) is 5.73 Å². The first-order valence-electron chi connectivity index (χ1n) is 2.26. The van der Waals surface area contributed by atoms with Crippen molar-refractivity contribution in [2.75, 3.05) is 5.73 Å². The molecular weight excluding hydrogens is 204 g/mol. The molecule has 0 aromatic carbocycles. The van der Waals surface area contributed by atoms with Crippen LogP contribution in [0.25, 0.3) is 0 Å². The average Bonchev–Trinajstić information content (AvgIpc) is 2.11. The summed E-state index contributed by atoms with van der Waals surface area (Å²) in [5.41, 5.74) is 4.93. The normalized spacial score (nSPS) is 9.70. The number of aromatic nitrogens is 2. The molecule has 1 aromatic heterocycles. The lowest BCUT2D eigenvalue weighted by atomic mass is 10.5. The molecule has 0 amide bonds. The van der Waals surface area contributed by atoms with Gasteiger partial charge in [0.2, 0.25) is 4.60 Å². The Balaban J connectivity index is 3.23. The summed E-state index contributed by atoms with van der Waals surface area (Å²) in [4.78, 5) is 9.53. The third kappa shape index (κ3) is 0.947. The summed E-state index contributed by atoms with van der Waals surface area (Å²) < 4.78 is 0.120. The Kier molecular flexibility index (Phi) is 1.58. The monoisotopic (exact) mass is 206 g/mol. The lowest BCUT2D eigenvalue weighted by molar-refractivity contribution is -0.384. The zero-order valence-electron chi connectivity index (χ0n) is 4.67. The molecule has 0 aliphatic heterocycles. The van der Waals surface area contributed by atoms with Gasteiger partial charge in [-0.05, 0) is 15.9 Å². The number of nitro groups is 1. The number of halogens is 1. The second-order valence-electron chi connectivity index (χ2n) is 1.53. The Morgan fingerprint density at radius 1 is 1.80 bits per heavy atom. The van der Waals surface area contributed by atoms with Crippen LogP contribution in [-0.2, 0) is 0 Å². The summed E-state index contributed by atoms with van der Waals surface area (Å²) in [5, 5.41) is 15.9. The van der Waals surface area contributed by atoms with Gasteiger partial charge in [0.15, 0.2) is 5.82 Å². The van der Waals surface area contributed by atoms with Crippen LogP contribution in [0.1, 0.15) is 0 Å². The molecule has 10 heavy (non-hydrogen) atoms. The molecule has 54 valence electrons. The minimum atomic E-state index is -0.608. The first-order valence-corrected chi connectivity index (χ1v) is 3.06. The molecule has 0 unspecified atom stereocenters. The van der Waals surface area contributed by atoms with Gasteiger partial charge in [0.1, 0.15) is 0 Å². The highest BCUT2D eigenvalue weighted by Gasteiger charge is 2.19. The van der Waals surface area contributed by atoms with E-state index in [0.717, 1.165) is 0 Å². The highest BCUT2D eigenvalue weighted by Crippen LogP contribution is 2.26. The van der Waals surface area contributed by atoms with E-state index in [0.29, 0.717) is 0 Å². The Bertz CT molecular complexity index is 250. The quantitative estimate of drug-likeness (QED) is 0.521. The molecule has 1 aromatic rings. The van der Waals surface area contributed by atoms with Crippen LogP contribution < -0.4 is 5.73 Å². The van der Waals surface area contributed by atoms with Crippen molar-refractivity contribution in [1.29, 1.82) is 0 Å². The van der Waals surface area contributed by atoms with Gasteiger partial charge in [-0.1, -0.05) is 0 Å². The summed E-state index contributed by atoms with van der Waals surface area (Å²) in [5.74, 6) is -0.0446. The highest BCUT2D eigenvalue weighted by atomic mass is 79.9. The average molecular weight is 207 g/mol. The SMILES string of the molecule is Nc1[nH]nc(Br)c1[N+](=O)[O-]. The molecule has 1 rings (SSSR count). The Morgan fingerprint density at radius 2 is 2.40 bits per heavy atom. The maximum atomic E-state index is 10.1. The van der Waals surface area contributed by atoms with Crippen molar-refractivity contribution in [3.63, 3.8) is 0 Å². The fourth-order valence-electron chi connectivity index (χ4n) is 0.500. The Morgan fingerprint density at radius 3 is 2.60 bits per heavy atom. The van der Waals surface area contributed by atoms with Gasteiger partial charge < -0.3 is 5.73 Å². The standard InChI is InChI=1S/C3H3BrN4O2/c4-2-1(8(9)10)3(5)7-6-2/h(H3,5,6,7). The number of nitrogens with two attached hydrogens (primary N) is 1. The summed E-state index contributed by atoms with van der Waals surface area (Å²) in [6.07, 6.45) is 0. The first kappa shape index (κ1) is 7.00. The van der Waals surface area contributed by atoms with E-state index >= 15 is 0 Å². The lowest BCUT2D eigenvalue weighted by Gasteiger charge is -1.84. The summed E-state index contributed by atoms with van der Waals surface area (Å²) in [7, 11) is 0. The van der Waals surface area contributed by atoms with Crippen LogP contribution in [0.2, 0.25) is 0 Å². The van der Waals surface area contributed by atoms with E-state index in [-0.39, 0.29) is 16.1 Å². The molecule has 0 aliphatic rings. The molecule has 0 saturated carbocycles. The van der Waals surface area contributed by atoms with Crippen molar-refractivity contribution in [3.8, 4) is 0 Å². The van der Waals surface area contributed by atoms with Crippen LogP contribution in [0.5, 0.6) is 0 Å². The van der Waals surface area contributed by atoms with Crippen LogP contribution in [0.4, 0.5) is 11.5 Å². The lowest BCUT2D eigenvalue weighted by Crippen LogP contribution is -1.92. The molecule has 7 heteroatoms. The number of aromatic amines is 1. The van der Waals surface area contributed by atoms with E-state index in [1.807, 2.05) is 0 Å². The minimum Gasteiger partial charge on any atom is -0.378 e. The third-order valence-electron chi connectivity index (χ3n) is 0.908. The van der Waals surface area contributed by atoms with Gasteiger partial charge in [0.05, 0.1) is 4.92 Å². The predicted octanol–water partition coefficient (Wildman–Crippen LogP) is 0.663. The van der Waals surface area contributed by atoms with E-state index < -0.39 is 4.92 Å². The number of H-pyrrole nitrogens is 1. The van der Waals surface area contributed by atoms with Crippen molar-refractivity contribution in [2.24, 2.45) is 0 Å². The number of hydrogen-bond acceptors (Lipinski definition) is 4. The van der Waals surface area contributed by atoms with E-state index in [1.54, 1.807) is 0 Å². The summed E-state index contributed by atoms with van der Waals surface area (Å²) >= 11 is 2.85. The summed E-state index contributed by atoms with van der Waals surface area (Å²) in [6, 6.07) is 0. The zero-order valence-corrected chi connectivity index (χ0v) is 6.25. The van der Waals surface area contributed by atoms with E-state index in [9.17, 15) is 10.1 Å². The predicted molar refractivity (Wildman–Crippen MR) is 37.4 cm³/mol. The molecule has 0 spiro atoms. The molecule has 0 atom stereocenters. The molecule has 0 fully saturated rings. The number of nitrogens with one attached hydrogen (secondary N) is 1. The van der Waals surface area contributed by atoms with Crippen LogP contribution >= 0.6 is 15.9 Å². The van der Waals surface area contributed by atoms with Gasteiger partial charge in [-0.15, -0.1) is 0 Å². The van der Waals surface area contributed by atoms with Crippen LogP contribution in [0.3, 0.4) is 0 Å². The maximum absolute atomic E-state index is 10.1. The summed E-state index contributed by atoms with van der Waals surface area (Å²) in [6.45, 7) is 0. The van der Waals surface area contributed by atoms with E-state index in [1.165, 1.54) is 0 Å². The number of nitrogens with zero attached hydrogens (tertiary/aromatic N) is 2. The number of nitrogen functional groups attached to an aromatic ring is 1. The second kappa shape index (κ2) is 2.25.